The predicted molar refractivity (Wildman–Crippen MR) is 81.4 cm³/mol. The van der Waals surface area contributed by atoms with E-state index >= 15 is 0 Å². The minimum absolute atomic E-state index is 0.0389. The first-order valence-corrected chi connectivity index (χ1v) is 7.27. The first kappa shape index (κ1) is 14.0. The summed E-state index contributed by atoms with van der Waals surface area (Å²) < 4.78 is 2.01. The van der Waals surface area contributed by atoms with Crippen LogP contribution in [0.3, 0.4) is 0 Å². The van der Waals surface area contributed by atoms with Gasteiger partial charge >= 0.3 is 0 Å². The smallest absolute Gasteiger partial charge is 0.274 e. The summed E-state index contributed by atoms with van der Waals surface area (Å²) in [5, 5.41) is 3.27. The van der Waals surface area contributed by atoms with Crippen molar-refractivity contribution in [2.75, 3.05) is 40.3 Å². The number of hydrogen-bond acceptors (Lipinski definition) is 4. The summed E-state index contributed by atoms with van der Waals surface area (Å²) in [7, 11) is 4.00. The van der Waals surface area contributed by atoms with Gasteiger partial charge < -0.3 is 19.5 Å². The molecule has 0 aliphatic carbocycles. The van der Waals surface area contributed by atoms with Gasteiger partial charge in [0.1, 0.15) is 5.65 Å². The zero-order valence-electron chi connectivity index (χ0n) is 12.5. The van der Waals surface area contributed by atoms with Gasteiger partial charge in [-0.25, -0.2) is 4.98 Å². The number of imidazole rings is 1. The molecule has 1 saturated heterocycles. The number of piperazine rings is 1. The van der Waals surface area contributed by atoms with Crippen LogP contribution in [0.4, 0.5) is 0 Å². The van der Waals surface area contributed by atoms with E-state index < -0.39 is 0 Å². The molecule has 6 heteroatoms. The largest absolute Gasteiger partial charge is 0.335 e. The Morgan fingerprint density at radius 3 is 2.81 bits per heavy atom. The fraction of sp³-hybridized carbons (Fsp3) is 0.467. The topological polar surface area (TPSA) is 52.9 Å². The molecule has 112 valence electrons. The Balaban J connectivity index is 2.01. The lowest BCUT2D eigenvalue weighted by molar-refractivity contribution is 0.0728. The van der Waals surface area contributed by atoms with Gasteiger partial charge in [-0.2, -0.15) is 0 Å². The van der Waals surface area contributed by atoms with Crippen LogP contribution in [0, 0.1) is 0 Å². The number of aromatic nitrogens is 2. The average Bonchev–Trinajstić information content (AvgIpc) is 2.86. The molecular weight excluding hydrogens is 266 g/mol. The van der Waals surface area contributed by atoms with E-state index in [0.29, 0.717) is 12.2 Å². The van der Waals surface area contributed by atoms with Gasteiger partial charge in [0, 0.05) is 38.9 Å². The van der Waals surface area contributed by atoms with E-state index in [1.807, 2.05) is 47.8 Å². The molecule has 3 heterocycles. The Morgan fingerprint density at radius 2 is 2.10 bits per heavy atom. The lowest BCUT2D eigenvalue weighted by Crippen LogP contribution is -2.46. The zero-order valence-corrected chi connectivity index (χ0v) is 12.5. The fourth-order valence-electron chi connectivity index (χ4n) is 2.69. The Morgan fingerprint density at radius 1 is 1.33 bits per heavy atom. The molecule has 6 nitrogen and oxygen atoms in total. The maximum Gasteiger partial charge on any atom is 0.274 e. The molecule has 0 spiro atoms. The van der Waals surface area contributed by atoms with Gasteiger partial charge in [-0.15, -0.1) is 0 Å². The molecule has 0 atom stereocenters. The van der Waals surface area contributed by atoms with Crippen molar-refractivity contribution in [2.45, 2.75) is 6.54 Å². The molecule has 0 bridgehead atoms. The van der Waals surface area contributed by atoms with E-state index in [0.717, 1.165) is 37.5 Å². The second-order valence-corrected chi connectivity index (χ2v) is 5.62. The summed E-state index contributed by atoms with van der Waals surface area (Å²) in [6.45, 7) is 3.88. The van der Waals surface area contributed by atoms with Crippen LogP contribution < -0.4 is 5.32 Å². The molecule has 0 radical (unpaired) electrons. The zero-order chi connectivity index (χ0) is 14.8. The number of rotatable bonds is 3. The number of nitrogens with zero attached hydrogens (tertiary/aromatic N) is 4. The summed E-state index contributed by atoms with van der Waals surface area (Å²) in [5.74, 6) is 0.0389. The molecule has 0 unspecified atom stereocenters. The highest BCUT2D eigenvalue weighted by molar-refractivity contribution is 5.94. The van der Waals surface area contributed by atoms with Crippen molar-refractivity contribution in [3.8, 4) is 0 Å². The van der Waals surface area contributed by atoms with Gasteiger partial charge in [0.05, 0.1) is 5.69 Å². The number of pyridine rings is 1. The van der Waals surface area contributed by atoms with E-state index in [-0.39, 0.29) is 5.91 Å². The van der Waals surface area contributed by atoms with Crippen molar-refractivity contribution in [1.82, 2.24) is 24.5 Å². The molecule has 1 amide bonds. The highest BCUT2D eigenvalue weighted by Crippen LogP contribution is 2.16. The van der Waals surface area contributed by atoms with Crippen LogP contribution in [0.1, 0.15) is 16.2 Å². The van der Waals surface area contributed by atoms with Crippen LogP contribution in [0.5, 0.6) is 0 Å². The third-order valence-corrected chi connectivity index (χ3v) is 3.70. The first-order valence-electron chi connectivity index (χ1n) is 7.27. The number of amides is 1. The minimum Gasteiger partial charge on any atom is -0.335 e. The van der Waals surface area contributed by atoms with Crippen molar-refractivity contribution >= 4 is 11.6 Å². The van der Waals surface area contributed by atoms with Crippen molar-refractivity contribution in [3.05, 3.63) is 35.8 Å². The van der Waals surface area contributed by atoms with Crippen molar-refractivity contribution < 1.29 is 4.79 Å². The first-order chi connectivity index (χ1) is 10.2. The van der Waals surface area contributed by atoms with Crippen LogP contribution in [0.25, 0.3) is 5.65 Å². The van der Waals surface area contributed by atoms with Gasteiger partial charge in [0.2, 0.25) is 0 Å². The number of hydrogen-bond donors (Lipinski definition) is 1. The van der Waals surface area contributed by atoms with Crippen molar-refractivity contribution in [3.63, 3.8) is 0 Å². The van der Waals surface area contributed by atoms with E-state index in [2.05, 4.69) is 15.2 Å². The Bertz CT molecular complexity index is 643. The second-order valence-electron chi connectivity index (χ2n) is 5.62. The Kier molecular flexibility index (Phi) is 3.90. The maximum atomic E-state index is 12.8. The number of carbonyl (C=O) groups excluding carboxylic acids is 1. The molecular formula is C15H21N5O. The second kappa shape index (κ2) is 5.83. The highest BCUT2D eigenvalue weighted by atomic mass is 16.2. The van der Waals surface area contributed by atoms with E-state index in [1.165, 1.54) is 0 Å². The molecule has 21 heavy (non-hydrogen) atoms. The SMILES string of the molecule is CN(C)Cc1c(C(=O)N2CCNCC2)nc2ccccn12. The fourth-order valence-corrected chi connectivity index (χ4v) is 2.69. The minimum atomic E-state index is 0.0389. The van der Waals surface area contributed by atoms with Gasteiger partial charge in [0.25, 0.3) is 5.91 Å². The summed E-state index contributed by atoms with van der Waals surface area (Å²) in [6, 6.07) is 5.85. The van der Waals surface area contributed by atoms with Crippen LogP contribution >= 0.6 is 0 Å². The van der Waals surface area contributed by atoms with Gasteiger partial charge in [-0.05, 0) is 26.2 Å². The number of carbonyl (C=O) groups is 1. The molecule has 1 aliphatic rings. The number of nitrogens with one attached hydrogen (secondary N) is 1. The quantitative estimate of drug-likeness (QED) is 0.890. The summed E-state index contributed by atoms with van der Waals surface area (Å²) in [4.78, 5) is 21.3. The summed E-state index contributed by atoms with van der Waals surface area (Å²) >= 11 is 0. The lowest BCUT2D eigenvalue weighted by atomic mass is 10.2. The summed E-state index contributed by atoms with van der Waals surface area (Å²) in [5.41, 5.74) is 2.36. The molecule has 0 saturated carbocycles. The lowest BCUT2D eigenvalue weighted by Gasteiger charge is -2.27. The van der Waals surface area contributed by atoms with Gasteiger partial charge in [0.15, 0.2) is 5.69 Å². The third-order valence-electron chi connectivity index (χ3n) is 3.70. The van der Waals surface area contributed by atoms with Crippen LogP contribution in [-0.2, 0) is 6.54 Å². The third kappa shape index (κ3) is 2.77. The standard InChI is InChI=1S/C15H21N5O/c1-18(2)11-12-14(15(21)19-9-6-16-7-10-19)17-13-5-3-4-8-20(12)13/h3-5,8,16H,6-7,9-11H2,1-2H3. The highest BCUT2D eigenvalue weighted by Gasteiger charge is 2.25. The van der Waals surface area contributed by atoms with Crippen LogP contribution in [0.15, 0.2) is 24.4 Å². The molecule has 2 aromatic heterocycles. The van der Waals surface area contributed by atoms with E-state index in [9.17, 15) is 4.79 Å². The molecule has 3 rings (SSSR count). The van der Waals surface area contributed by atoms with Gasteiger partial charge in [-0.1, -0.05) is 6.07 Å². The monoisotopic (exact) mass is 287 g/mol. The van der Waals surface area contributed by atoms with Crippen LogP contribution in [-0.4, -0.2) is 65.4 Å². The Labute approximate surface area is 124 Å². The molecule has 1 fully saturated rings. The van der Waals surface area contributed by atoms with Crippen molar-refractivity contribution in [2.24, 2.45) is 0 Å². The predicted octanol–water partition coefficient (Wildman–Crippen LogP) is 0.441. The average molecular weight is 287 g/mol. The maximum absolute atomic E-state index is 12.8. The molecule has 0 aromatic carbocycles. The van der Waals surface area contributed by atoms with Crippen molar-refractivity contribution in [1.29, 1.82) is 0 Å². The summed E-state index contributed by atoms with van der Waals surface area (Å²) in [6.07, 6.45) is 1.97. The normalized spacial score (nSPS) is 15.9. The molecule has 1 N–H and O–H groups in total. The number of fused-ring (bicyclic) bond motifs is 1. The van der Waals surface area contributed by atoms with E-state index in [1.54, 1.807) is 0 Å². The van der Waals surface area contributed by atoms with E-state index in [4.69, 9.17) is 0 Å². The molecule has 1 aliphatic heterocycles. The Hall–Kier alpha value is -1.92. The van der Waals surface area contributed by atoms with Gasteiger partial charge in [-0.3, -0.25) is 4.79 Å². The molecule has 2 aromatic rings. The van der Waals surface area contributed by atoms with Crippen LogP contribution in [0.2, 0.25) is 0 Å².